The predicted octanol–water partition coefficient (Wildman–Crippen LogP) is 8.44. The Morgan fingerprint density at radius 3 is 1.00 bits per heavy atom. The zero-order chi connectivity index (χ0) is 18.4. The molecule has 0 radical (unpaired) electrons. The van der Waals surface area contributed by atoms with E-state index in [9.17, 15) is 5.11 Å². The van der Waals surface area contributed by atoms with Gasteiger partial charge in [0.05, 0.1) is 0 Å². The highest BCUT2D eigenvalue weighted by Crippen LogP contribution is 2.19. The summed E-state index contributed by atoms with van der Waals surface area (Å²) in [7, 11) is 0. The molecule has 1 N–H and O–H groups in total. The third-order valence-corrected chi connectivity index (χ3v) is 5.69. The van der Waals surface area contributed by atoms with Gasteiger partial charge in [-0.1, -0.05) is 129 Å². The van der Waals surface area contributed by atoms with Gasteiger partial charge in [-0.2, -0.15) is 0 Å². The fraction of sp³-hybridized carbons (Fsp3) is 1.00. The SMILES string of the molecule is CCCCCCCCCCCC[C@H](CO)CCCCCCCCCC. The van der Waals surface area contributed by atoms with Crippen molar-refractivity contribution in [2.75, 3.05) is 6.61 Å². The highest BCUT2D eigenvalue weighted by molar-refractivity contribution is 4.59. The molecule has 0 spiro atoms. The first-order valence-electron chi connectivity index (χ1n) is 12.0. The van der Waals surface area contributed by atoms with Crippen molar-refractivity contribution in [3.63, 3.8) is 0 Å². The van der Waals surface area contributed by atoms with E-state index in [0.717, 1.165) is 0 Å². The van der Waals surface area contributed by atoms with Crippen LogP contribution in [0.5, 0.6) is 0 Å². The van der Waals surface area contributed by atoms with E-state index in [2.05, 4.69) is 13.8 Å². The standard InChI is InChI=1S/C24H50O/c1-3-5-7-9-11-13-14-16-18-20-22-24(23-25)21-19-17-15-12-10-8-6-4-2/h24-25H,3-23H2,1-2H3/t24-/m1/s1. The van der Waals surface area contributed by atoms with E-state index in [1.54, 1.807) is 0 Å². The Bertz CT molecular complexity index is 226. The number of aliphatic hydroxyl groups is 1. The molecule has 0 aromatic rings. The summed E-state index contributed by atoms with van der Waals surface area (Å²) in [5.74, 6) is 0.578. The number of aliphatic hydroxyl groups excluding tert-OH is 1. The molecule has 0 aromatic heterocycles. The maximum atomic E-state index is 9.57. The van der Waals surface area contributed by atoms with Crippen LogP contribution >= 0.6 is 0 Å². The van der Waals surface area contributed by atoms with Crippen LogP contribution in [-0.2, 0) is 0 Å². The van der Waals surface area contributed by atoms with Crippen molar-refractivity contribution in [3.8, 4) is 0 Å². The summed E-state index contributed by atoms with van der Waals surface area (Å²) in [5, 5.41) is 9.57. The number of rotatable bonds is 21. The van der Waals surface area contributed by atoms with Crippen LogP contribution in [-0.4, -0.2) is 11.7 Å². The topological polar surface area (TPSA) is 20.2 Å². The van der Waals surface area contributed by atoms with Crippen LogP contribution in [0.2, 0.25) is 0 Å². The molecule has 0 bridgehead atoms. The van der Waals surface area contributed by atoms with Gasteiger partial charge in [-0.25, -0.2) is 0 Å². The molecule has 0 rings (SSSR count). The van der Waals surface area contributed by atoms with E-state index < -0.39 is 0 Å². The lowest BCUT2D eigenvalue weighted by atomic mass is 9.94. The Kier molecular flexibility index (Phi) is 22.0. The molecule has 0 aromatic carbocycles. The summed E-state index contributed by atoms with van der Waals surface area (Å²) in [5.41, 5.74) is 0. The Labute approximate surface area is 160 Å². The normalized spacial score (nSPS) is 12.6. The van der Waals surface area contributed by atoms with Gasteiger partial charge in [0.1, 0.15) is 0 Å². The van der Waals surface area contributed by atoms with Gasteiger partial charge in [-0.05, 0) is 18.8 Å². The largest absolute Gasteiger partial charge is 0.396 e. The lowest BCUT2D eigenvalue weighted by molar-refractivity contribution is 0.204. The predicted molar refractivity (Wildman–Crippen MR) is 114 cm³/mol. The molecule has 1 heteroatoms. The van der Waals surface area contributed by atoms with Gasteiger partial charge in [-0.15, -0.1) is 0 Å². The summed E-state index contributed by atoms with van der Waals surface area (Å²) in [4.78, 5) is 0. The van der Waals surface area contributed by atoms with Crippen LogP contribution in [0.15, 0.2) is 0 Å². The lowest BCUT2D eigenvalue weighted by Crippen LogP contribution is -2.06. The maximum Gasteiger partial charge on any atom is 0.0459 e. The van der Waals surface area contributed by atoms with Crippen molar-refractivity contribution >= 4 is 0 Å². The Morgan fingerprint density at radius 1 is 0.440 bits per heavy atom. The summed E-state index contributed by atoms with van der Waals surface area (Å²) in [6.07, 6.45) is 27.7. The number of unbranched alkanes of at least 4 members (excludes halogenated alkanes) is 16. The van der Waals surface area contributed by atoms with Crippen molar-refractivity contribution in [3.05, 3.63) is 0 Å². The van der Waals surface area contributed by atoms with E-state index >= 15 is 0 Å². The molecule has 0 fully saturated rings. The molecule has 1 atom stereocenters. The maximum absolute atomic E-state index is 9.57. The van der Waals surface area contributed by atoms with Crippen LogP contribution in [0.3, 0.4) is 0 Å². The fourth-order valence-corrected chi connectivity index (χ4v) is 3.81. The van der Waals surface area contributed by atoms with E-state index in [1.165, 1.54) is 128 Å². The van der Waals surface area contributed by atoms with Crippen LogP contribution in [0, 0.1) is 5.92 Å². The molecular weight excluding hydrogens is 304 g/mol. The average molecular weight is 355 g/mol. The molecule has 0 unspecified atom stereocenters. The third kappa shape index (κ3) is 20.1. The molecule has 0 saturated heterocycles. The Balaban J connectivity index is 3.28. The fourth-order valence-electron chi connectivity index (χ4n) is 3.81. The van der Waals surface area contributed by atoms with Crippen LogP contribution in [0.1, 0.15) is 142 Å². The van der Waals surface area contributed by atoms with E-state index in [1.807, 2.05) is 0 Å². The second-order valence-corrected chi connectivity index (χ2v) is 8.28. The summed E-state index contributed by atoms with van der Waals surface area (Å²) in [6.45, 7) is 4.98. The zero-order valence-electron chi connectivity index (χ0n) is 17.9. The van der Waals surface area contributed by atoms with Gasteiger partial charge in [0, 0.05) is 6.61 Å². The lowest BCUT2D eigenvalue weighted by Gasteiger charge is -2.13. The first kappa shape index (κ1) is 25.0. The smallest absolute Gasteiger partial charge is 0.0459 e. The minimum Gasteiger partial charge on any atom is -0.396 e. The molecule has 1 nitrogen and oxygen atoms in total. The highest BCUT2D eigenvalue weighted by Gasteiger charge is 2.06. The van der Waals surface area contributed by atoms with E-state index in [-0.39, 0.29) is 0 Å². The third-order valence-electron chi connectivity index (χ3n) is 5.69. The van der Waals surface area contributed by atoms with E-state index in [0.29, 0.717) is 12.5 Å². The second-order valence-electron chi connectivity index (χ2n) is 8.28. The first-order chi connectivity index (χ1) is 12.3. The first-order valence-corrected chi connectivity index (χ1v) is 12.0. The summed E-state index contributed by atoms with van der Waals surface area (Å²) >= 11 is 0. The molecule has 25 heavy (non-hydrogen) atoms. The molecule has 0 aliphatic heterocycles. The van der Waals surface area contributed by atoms with Gasteiger partial charge in [0.15, 0.2) is 0 Å². The van der Waals surface area contributed by atoms with Gasteiger partial charge in [-0.3, -0.25) is 0 Å². The molecular formula is C24H50O. The van der Waals surface area contributed by atoms with Crippen molar-refractivity contribution in [1.29, 1.82) is 0 Å². The van der Waals surface area contributed by atoms with Crippen LogP contribution in [0.4, 0.5) is 0 Å². The van der Waals surface area contributed by atoms with Crippen LogP contribution in [0.25, 0.3) is 0 Å². The number of hydrogen-bond acceptors (Lipinski definition) is 1. The quantitative estimate of drug-likeness (QED) is 0.205. The van der Waals surface area contributed by atoms with Gasteiger partial charge in [0.25, 0.3) is 0 Å². The van der Waals surface area contributed by atoms with Gasteiger partial charge in [0.2, 0.25) is 0 Å². The minimum atomic E-state index is 0.411. The molecule has 0 aliphatic rings. The molecule has 0 heterocycles. The van der Waals surface area contributed by atoms with Crippen molar-refractivity contribution in [2.45, 2.75) is 142 Å². The highest BCUT2D eigenvalue weighted by atomic mass is 16.3. The molecule has 0 amide bonds. The van der Waals surface area contributed by atoms with Crippen molar-refractivity contribution < 1.29 is 5.11 Å². The van der Waals surface area contributed by atoms with Crippen molar-refractivity contribution in [1.82, 2.24) is 0 Å². The summed E-state index contributed by atoms with van der Waals surface area (Å²) in [6, 6.07) is 0. The Hall–Kier alpha value is -0.0400. The van der Waals surface area contributed by atoms with Gasteiger partial charge >= 0.3 is 0 Å². The molecule has 152 valence electrons. The zero-order valence-corrected chi connectivity index (χ0v) is 17.9. The molecule has 0 saturated carbocycles. The van der Waals surface area contributed by atoms with Crippen LogP contribution < -0.4 is 0 Å². The monoisotopic (exact) mass is 354 g/mol. The van der Waals surface area contributed by atoms with Gasteiger partial charge < -0.3 is 5.11 Å². The summed E-state index contributed by atoms with van der Waals surface area (Å²) < 4.78 is 0. The average Bonchev–Trinajstić information content (AvgIpc) is 2.63. The molecule has 0 aliphatic carbocycles. The van der Waals surface area contributed by atoms with E-state index in [4.69, 9.17) is 0 Å². The van der Waals surface area contributed by atoms with Crippen molar-refractivity contribution in [2.24, 2.45) is 5.92 Å². The second kappa shape index (κ2) is 22.0. The number of hydrogen-bond donors (Lipinski definition) is 1. The Morgan fingerprint density at radius 2 is 0.720 bits per heavy atom. The minimum absolute atomic E-state index is 0.411.